The van der Waals surface area contributed by atoms with Crippen LogP contribution in [0.25, 0.3) is 0 Å². The molecule has 0 radical (unpaired) electrons. The second kappa shape index (κ2) is 6.84. The SMILES string of the molecule is Cc1cc(C(CN)N(C)CC2CCOCC2)c(C)s1. The highest BCUT2D eigenvalue weighted by Crippen LogP contribution is 2.30. The molecule has 1 saturated heterocycles. The van der Waals surface area contributed by atoms with Crippen molar-refractivity contribution < 1.29 is 4.74 Å². The zero-order valence-electron chi connectivity index (χ0n) is 12.3. The van der Waals surface area contributed by atoms with Crippen LogP contribution in [0.5, 0.6) is 0 Å². The first-order valence-corrected chi connectivity index (χ1v) is 7.98. The Morgan fingerprint density at radius 1 is 1.42 bits per heavy atom. The summed E-state index contributed by atoms with van der Waals surface area (Å²) < 4.78 is 5.43. The van der Waals surface area contributed by atoms with Gasteiger partial charge in [0.15, 0.2) is 0 Å². The van der Waals surface area contributed by atoms with Crippen LogP contribution in [-0.4, -0.2) is 38.3 Å². The highest BCUT2D eigenvalue weighted by molar-refractivity contribution is 7.12. The minimum Gasteiger partial charge on any atom is -0.381 e. The summed E-state index contributed by atoms with van der Waals surface area (Å²) in [5, 5.41) is 0. The lowest BCUT2D eigenvalue weighted by atomic mass is 9.98. The summed E-state index contributed by atoms with van der Waals surface area (Å²) in [4.78, 5) is 5.22. The monoisotopic (exact) mass is 282 g/mol. The molecular weight excluding hydrogens is 256 g/mol. The van der Waals surface area contributed by atoms with Gasteiger partial charge in [-0.1, -0.05) is 0 Å². The smallest absolute Gasteiger partial charge is 0.0478 e. The Morgan fingerprint density at radius 2 is 2.11 bits per heavy atom. The van der Waals surface area contributed by atoms with Gasteiger partial charge in [-0.25, -0.2) is 0 Å². The number of hydrogen-bond acceptors (Lipinski definition) is 4. The van der Waals surface area contributed by atoms with Crippen LogP contribution in [-0.2, 0) is 4.74 Å². The van der Waals surface area contributed by atoms with Gasteiger partial charge in [-0.15, -0.1) is 11.3 Å². The van der Waals surface area contributed by atoms with Gasteiger partial charge >= 0.3 is 0 Å². The summed E-state index contributed by atoms with van der Waals surface area (Å²) in [6, 6.07) is 2.66. The van der Waals surface area contributed by atoms with Gasteiger partial charge in [0.05, 0.1) is 0 Å². The zero-order chi connectivity index (χ0) is 13.8. The van der Waals surface area contributed by atoms with Crippen molar-refractivity contribution in [1.29, 1.82) is 0 Å². The van der Waals surface area contributed by atoms with E-state index in [9.17, 15) is 0 Å². The fourth-order valence-electron chi connectivity index (χ4n) is 2.99. The fraction of sp³-hybridized carbons (Fsp3) is 0.733. The maximum absolute atomic E-state index is 6.03. The molecule has 1 aliphatic rings. The number of likely N-dealkylation sites (N-methyl/N-ethyl adjacent to an activating group) is 1. The molecule has 0 spiro atoms. The topological polar surface area (TPSA) is 38.5 Å². The molecule has 2 heterocycles. The molecule has 1 aromatic heterocycles. The second-order valence-corrected chi connectivity index (χ2v) is 7.08. The third-order valence-corrected chi connectivity index (χ3v) is 5.06. The maximum atomic E-state index is 6.03. The molecule has 0 amide bonds. The van der Waals surface area contributed by atoms with Crippen molar-refractivity contribution in [3.63, 3.8) is 0 Å². The Hall–Kier alpha value is -0.420. The molecule has 1 fully saturated rings. The lowest BCUT2D eigenvalue weighted by Crippen LogP contribution is -2.36. The Balaban J connectivity index is 2.01. The summed E-state index contributed by atoms with van der Waals surface area (Å²) >= 11 is 1.87. The van der Waals surface area contributed by atoms with Gasteiger partial charge in [-0.3, -0.25) is 4.90 Å². The average molecular weight is 282 g/mol. The van der Waals surface area contributed by atoms with Crippen molar-refractivity contribution in [2.24, 2.45) is 11.7 Å². The van der Waals surface area contributed by atoms with Crippen LogP contribution in [0.1, 0.15) is 34.2 Å². The van der Waals surface area contributed by atoms with E-state index in [4.69, 9.17) is 10.5 Å². The molecule has 2 rings (SSSR count). The molecule has 4 heteroatoms. The molecular formula is C15H26N2OS. The van der Waals surface area contributed by atoms with Crippen LogP contribution in [0.3, 0.4) is 0 Å². The van der Waals surface area contributed by atoms with Crippen LogP contribution in [0.2, 0.25) is 0 Å². The molecule has 0 aliphatic carbocycles. The molecule has 3 nitrogen and oxygen atoms in total. The van der Waals surface area contributed by atoms with Gasteiger partial charge in [0.25, 0.3) is 0 Å². The Labute approximate surface area is 120 Å². The Kier molecular flexibility index (Phi) is 5.39. The van der Waals surface area contributed by atoms with E-state index in [0.717, 1.165) is 25.7 Å². The standard InChI is InChI=1S/C15H26N2OS/c1-11-8-14(12(2)19-11)15(9-16)17(3)10-13-4-6-18-7-5-13/h8,13,15H,4-7,9-10,16H2,1-3H3. The molecule has 1 unspecified atom stereocenters. The minimum atomic E-state index is 0.354. The molecule has 0 bridgehead atoms. The first-order valence-electron chi connectivity index (χ1n) is 7.16. The first kappa shape index (κ1) is 15.0. The van der Waals surface area contributed by atoms with E-state index < -0.39 is 0 Å². The number of hydrogen-bond donors (Lipinski definition) is 1. The molecule has 1 atom stereocenters. The number of ether oxygens (including phenoxy) is 1. The molecule has 0 aromatic carbocycles. The quantitative estimate of drug-likeness (QED) is 0.902. The maximum Gasteiger partial charge on any atom is 0.0478 e. The van der Waals surface area contributed by atoms with Gasteiger partial charge in [0.2, 0.25) is 0 Å². The van der Waals surface area contributed by atoms with Crippen molar-refractivity contribution in [2.75, 3.05) is 33.4 Å². The third kappa shape index (κ3) is 3.78. The summed E-state index contributed by atoms with van der Waals surface area (Å²) in [5.41, 5.74) is 7.44. The van der Waals surface area contributed by atoms with Crippen molar-refractivity contribution in [3.8, 4) is 0 Å². The van der Waals surface area contributed by atoms with Crippen molar-refractivity contribution in [3.05, 3.63) is 21.4 Å². The van der Waals surface area contributed by atoms with E-state index >= 15 is 0 Å². The van der Waals surface area contributed by atoms with Crippen LogP contribution >= 0.6 is 11.3 Å². The lowest BCUT2D eigenvalue weighted by Gasteiger charge is -2.32. The largest absolute Gasteiger partial charge is 0.381 e. The van der Waals surface area contributed by atoms with Gasteiger partial charge in [0, 0.05) is 42.1 Å². The summed E-state index contributed by atoms with van der Waals surface area (Å²) in [5.74, 6) is 0.757. The Morgan fingerprint density at radius 3 is 2.63 bits per heavy atom. The van der Waals surface area contributed by atoms with E-state index in [-0.39, 0.29) is 0 Å². The van der Waals surface area contributed by atoms with E-state index in [1.165, 1.54) is 28.2 Å². The van der Waals surface area contributed by atoms with Crippen molar-refractivity contribution in [1.82, 2.24) is 4.90 Å². The van der Waals surface area contributed by atoms with Gasteiger partial charge in [0.1, 0.15) is 0 Å². The normalized spacial score (nSPS) is 19.0. The number of rotatable bonds is 5. The van der Waals surface area contributed by atoms with Gasteiger partial charge in [-0.2, -0.15) is 0 Å². The highest BCUT2D eigenvalue weighted by atomic mass is 32.1. The molecule has 0 saturated carbocycles. The fourth-order valence-corrected chi connectivity index (χ4v) is 3.97. The molecule has 1 aromatic rings. The van der Waals surface area contributed by atoms with Crippen LogP contribution in [0.4, 0.5) is 0 Å². The Bertz CT molecular complexity index is 399. The second-order valence-electron chi connectivity index (χ2n) is 5.62. The van der Waals surface area contributed by atoms with Crippen LogP contribution in [0.15, 0.2) is 6.07 Å². The third-order valence-electron chi connectivity index (χ3n) is 4.08. The van der Waals surface area contributed by atoms with Crippen LogP contribution < -0.4 is 5.73 Å². The molecule has 108 valence electrons. The van der Waals surface area contributed by atoms with E-state index in [1.807, 2.05) is 11.3 Å². The average Bonchev–Trinajstić information content (AvgIpc) is 2.71. The van der Waals surface area contributed by atoms with E-state index in [0.29, 0.717) is 12.6 Å². The summed E-state index contributed by atoms with van der Waals surface area (Å²) in [6.07, 6.45) is 2.37. The van der Waals surface area contributed by atoms with Crippen LogP contribution in [0, 0.1) is 19.8 Å². The number of nitrogens with two attached hydrogens (primary N) is 1. The predicted molar refractivity (Wildman–Crippen MR) is 81.8 cm³/mol. The van der Waals surface area contributed by atoms with Gasteiger partial charge < -0.3 is 10.5 Å². The van der Waals surface area contributed by atoms with Crippen molar-refractivity contribution in [2.45, 2.75) is 32.7 Å². The van der Waals surface area contributed by atoms with Gasteiger partial charge in [-0.05, 0) is 51.3 Å². The molecule has 2 N–H and O–H groups in total. The number of nitrogens with zero attached hydrogens (tertiary/aromatic N) is 1. The molecule has 1 aliphatic heterocycles. The molecule has 19 heavy (non-hydrogen) atoms. The number of thiophene rings is 1. The number of aryl methyl sites for hydroxylation is 2. The van der Waals surface area contributed by atoms with E-state index in [1.54, 1.807) is 0 Å². The first-order chi connectivity index (χ1) is 9.11. The predicted octanol–water partition coefficient (Wildman–Crippen LogP) is 2.72. The zero-order valence-corrected chi connectivity index (χ0v) is 13.1. The van der Waals surface area contributed by atoms with E-state index in [2.05, 4.69) is 31.9 Å². The highest BCUT2D eigenvalue weighted by Gasteiger charge is 2.23. The minimum absolute atomic E-state index is 0.354. The lowest BCUT2D eigenvalue weighted by molar-refractivity contribution is 0.0507. The summed E-state index contributed by atoms with van der Waals surface area (Å²) in [6.45, 7) is 8.03. The summed E-state index contributed by atoms with van der Waals surface area (Å²) in [7, 11) is 2.21. The van der Waals surface area contributed by atoms with Crippen molar-refractivity contribution >= 4 is 11.3 Å².